The van der Waals surface area contributed by atoms with Crippen molar-refractivity contribution in [3.63, 3.8) is 0 Å². The first kappa shape index (κ1) is 14.1. The molecule has 0 aliphatic carbocycles. The van der Waals surface area contributed by atoms with Crippen molar-refractivity contribution in [2.24, 2.45) is 0 Å². The zero-order valence-electron chi connectivity index (χ0n) is 11.8. The molecule has 108 valence electrons. The lowest BCUT2D eigenvalue weighted by atomic mass is 9.99. The fourth-order valence-electron chi connectivity index (χ4n) is 2.86. The zero-order chi connectivity index (χ0) is 14.3. The van der Waals surface area contributed by atoms with Gasteiger partial charge in [0.1, 0.15) is 0 Å². The van der Waals surface area contributed by atoms with Gasteiger partial charge in [0.15, 0.2) is 0 Å². The minimum atomic E-state index is -0.834. The van der Waals surface area contributed by atoms with E-state index in [0.29, 0.717) is 18.8 Å². The van der Waals surface area contributed by atoms with Gasteiger partial charge in [-0.25, -0.2) is 0 Å². The van der Waals surface area contributed by atoms with Gasteiger partial charge < -0.3 is 4.90 Å². The van der Waals surface area contributed by atoms with E-state index in [9.17, 15) is 9.00 Å². The molecule has 0 spiro atoms. The SMILES string of the molecule is CC1(C)CN(C(=O)[C@@H]2CSc3ccccc32)CC[S@@]1=O. The number of amides is 1. The van der Waals surface area contributed by atoms with E-state index in [2.05, 4.69) is 12.1 Å². The van der Waals surface area contributed by atoms with Gasteiger partial charge in [-0.3, -0.25) is 9.00 Å². The summed E-state index contributed by atoms with van der Waals surface area (Å²) >= 11 is 1.76. The second-order valence-corrected chi connectivity index (χ2v) is 9.24. The minimum absolute atomic E-state index is 0.0291. The number of hydrogen-bond donors (Lipinski definition) is 0. The number of fused-ring (bicyclic) bond motifs is 1. The molecule has 0 N–H and O–H groups in total. The summed E-state index contributed by atoms with van der Waals surface area (Å²) in [6.07, 6.45) is 0. The van der Waals surface area contributed by atoms with E-state index in [1.54, 1.807) is 11.8 Å². The highest BCUT2D eigenvalue weighted by molar-refractivity contribution is 7.99. The summed E-state index contributed by atoms with van der Waals surface area (Å²) < 4.78 is 11.7. The smallest absolute Gasteiger partial charge is 0.231 e. The molecular formula is C15H19NO2S2. The van der Waals surface area contributed by atoms with Gasteiger partial charge >= 0.3 is 0 Å². The van der Waals surface area contributed by atoms with Crippen molar-refractivity contribution in [2.75, 3.05) is 24.6 Å². The molecule has 5 heteroatoms. The van der Waals surface area contributed by atoms with Crippen LogP contribution in [0.5, 0.6) is 0 Å². The molecule has 0 radical (unpaired) electrons. The monoisotopic (exact) mass is 309 g/mol. The Bertz CT molecular complexity index is 571. The van der Waals surface area contributed by atoms with Crippen molar-refractivity contribution in [1.82, 2.24) is 4.90 Å². The van der Waals surface area contributed by atoms with Crippen molar-refractivity contribution in [3.05, 3.63) is 29.8 Å². The van der Waals surface area contributed by atoms with Crippen LogP contribution in [-0.4, -0.2) is 44.4 Å². The molecule has 0 saturated carbocycles. The van der Waals surface area contributed by atoms with E-state index < -0.39 is 10.8 Å². The van der Waals surface area contributed by atoms with Crippen molar-refractivity contribution in [1.29, 1.82) is 0 Å². The predicted octanol–water partition coefficient (Wildman–Crippen LogP) is 2.25. The Hall–Kier alpha value is -0.810. The van der Waals surface area contributed by atoms with E-state index >= 15 is 0 Å². The Labute approximate surface area is 126 Å². The van der Waals surface area contributed by atoms with E-state index in [0.717, 1.165) is 11.3 Å². The summed E-state index contributed by atoms with van der Waals surface area (Å²) in [5, 5.41) is 0. The van der Waals surface area contributed by atoms with Gasteiger partial charge in [0.05, 0.1) is 10.7 Å². The third kappa shape index (κ3) is 2.42. The summed E-state index contributed by atoms with van der Waals surface area (Å²) in [7, 11) is -0.834. The summed E-state index contributed by atoms with van der Waals surface area (Å²) in [6, 6.07) is 8.17. The summed E-state index contributed by atoms with van der Waals surface area (Å²) in [6.45, 7) is 5.19. The first-order valence-corrected chi connectivity index (χ1v) is 9.18. The second-order valence-electron chi connectivity index (χ2n) is 5.97. The molecule has 2 aliphatic rings. The molecule has 1 aromatic rings. The van der Waals surface area contributed by atoms with Gasteiger partial charge in [0.2, 0.25) is 5.91 Å². The Morgan fingerprint density at radius 3 is 2.90 bits per heavy atom. The van der Waals surface area contributed by atoms with Crippen LogP contribution in [0.2, 0.25) is 0 Å². The Kier molecular flexibility index (Phi) is 3.67. The lowest BCUT2D eigenvalue weighted by molar-refractivity contribution is -0.132. The highest BCUT2D eigenvalue weighted by Gasteiger charge is 2.39. The third-order valence-corrected chi connectivity index (χ3v) is 7.14. The van der Waals surface area contributed by atoms with Crippen LogP contribution in [0.15, 0.2) is 29.2 Å². The summed E-state index contributed by atoms with van der Waals surface area (Å²) in [5.74, 6) is 1.60. The van der Waals surface area contributed by atoms with Crippen molar-refractivity contribution >= 4 is 28.5 Å². The topological polar surface area (TPSA) is 37.4 Å². The van der Waals surface area contributed by atoms with Gasteiger partial charge in [-0.2, -0.15) is 0 Å². The maximum absolute atomic E-state index is 12.8. The number of hydrogen-bond acceptors (Lipinski definition) is 3. The lowest BCUT2D eigenvalue weighted by Crippen LogP contribution is -2.53. The quantitative estimate of drug-likeness (QED) is 0.798. The fraction of sp³-hybridized carbons (Fsp3) is 0.533. The standard InChI is InChI=1S/C15H19NO2S2/c1-15(2)10-16(7-8-20(15)18)14(17)12-9-19-13-6-4-3-5-11(12)13/h3-6,12H,7-10H2,1-2H3/t12-,20+/m1/s1. The molecule has 0 bridgehead atoms. The highest BCUT2D eigenvalue weighted by Crippen LogP contribution is 2.40. The zero-order valence-corrected chi connectivity index (χ0v) is 13.4. The summed E-state index contributed by atoms with van der Waals surface area (Å²) in [5.41, 5.74) is 1.16. The first-order chi connectivity index (χ1) is 9.49. The normalized spacial score (nSPS) is 28.2. The first-order valence-electron chi connectivity index (χ1n) is 6.88. The number of carbonyl (C=O) groups is 1. The van der Waals surface area contributed by atoms with E-state index in [1.165, 1.54) is 4.90 Å². The molecule has 3 rings (SSSR count). The number of carbonyl (C=O) groups excluding carboxylic acids is 1. The third-order valence-electron chi connectivity index (χ3n) is 4.04. The molecule has 1 saturated heterocycles. The van der Waals surface area contributed by atoms with Crippen LogP contribution >= 0.6 is 11.8 Å². The van der Waals surface area contributed by atoms with Crippen LogP contribution in [0.25, 0.3) is 0 Å². The molecule has 1 fully saturated rings. The molecule has 20 heavy (non-hydrogen) atoms. The van der Waals surface area contributed by atoms with Crippen LogP contribution in [0.1, 0.15) is 25.3 Å². The molecule has 0 unspecified atom stereocenters. The Balaban J connectivity index is 1.79. The highest BCUT2D eigenvalue weighted by atomic mass is 32.2. The number of thioether (sulfide) groups is 1. The van der Waals surface area contributed by atoms with Crippen molar-refractivity contribution < 1.29 is 9.00 Å². The van der Waals surface area contributed by atoms with Gasteiger partial charge in [0.25, 0.3) is 0 Å². The molecule has 2 heterocycles. The number of rotatable bonds is 1. The van der Waals surface area contributed by atoms with Crippen molar-refractivity contribution in [3.8, 4) is 0 Å². The molecular weight excluding hydrogens is 290 g/mol. The van der Waals surface area contributed by atoms with Crippen LogP contribution in [0.3, 0.4) is 0 Å². The second kappa shape index (κ2) is 5.19. The van der Waals surface area contributed by atoms with Crippen LogP contribution in [-0.2, 0) is 15.6 Å². The Morgan fingerprint density at radius 1 is 1.40 bits per heavy atom. The molecule has 0 aromatic heterocycles. The average Bonchev–Trinajstić information content (AvgIpc) is 2.85. The minimum Gasteiger partial charge on any atom is -0.340 e. The lowest BCUT2D eigenvalue weighted by Gasteiger charge is -2.38. The molecule has 3 nitrogen and oxygen atoms in total. The van der Waals surface area contributed by atoms with Gasteiger partial charge in [-0.1, -0.05) is 18.2 Å². The largest absolute Gasteiger partial charge is 0.340 e. The number of nitrogens with zero attached hydrogens (tertiary/aromatic N) is 1. The molecule has 1 amide bonds. The molecule has 2 atom stereocenters. The number of benzene rings is 1. The average molecular weight is 309 g/mol. The maximum Gasteiger partial charge on any atom is 0.231 e. The molecule has 2 aliphatic heterocycles. The van der Waals surface area contributed by atoms with E-state index in [1.807, 2.05) is 30.9 Å². The fourth-order valence-corrected chi connectivity index (χ4v) is 5.31. The maximum atomic E-state index is 12.8. The van der Waals surface area contributed by atoms with Crippen LogP contribution in [0.4, 0.5) is 0 Å². The summed E-state index contributed by atoms with van der Waals surface area (Å²) in [4.78, 5) is 15.9. The van der Waals surface area contributed by atoms with Crippen LogP contribution in [0, 0.1) is 0 Å². The van der Waals surface area contributed by atoms with Crippen LogP contribution < -0.4 is 0 Å². The van der Waals surface area contributed by atoms with Gasteiger partial charge in [-0.15, -0.1) is 11.8 Å². The van der Waals surface area contributed by atoms with Crippen molar-refractivity contribution in [2.45, 2.75) is 29.4 Å². The van der Waals surface area contributed by atoms with Gasteiger partial charge in [0, 0.05) is 40.3 Å². The predicted molar refractivity (Wildman–Crippen MR) is 83.6 cm³/mol. The van der Waals surface area contributed by atoms with E-state index in [4.69, 9.17) is 0 Å². The van der Waals surface area contributed by atoms with Gasteiger partial charge in [-0.05, 0) is 25.5 Å². The van der Waals surface area contributed by atoms with E-state index in [-0.39, 0.29) is 16.6 Å². The molecule has 1 aromatic carbocycles. The Morgan fingerprint density at radius 2 is 2.15 bits per heavy atom.